The smallest absolute Gasteiger partial charge is 0.276 e. The Morgan fingerprint density at radius 2 is 2.17 bits per heavy atom. The molecule has 7 nitrogen and oxygen atoms in total. The van der Waals surface area contributed by atoms with E-state index in [1.807, 2.05) is 15.7 Å². The minimum absolute atomic E-state index is 0.101. The van der Waals surface area contributed by atoms with Crippen LogP contribution in [0.2, 0.25) is 0 Å². The van der Waals surface area contributed by atoms with Crippen molar-refractivity contribution in [3.63, 3.8) is 0 Å². The Balaban J connectivity index is 1.38. The van der Waals surface area contributed by atoms with Gasteiger partial charge in [0.15, 0.2) is 23.0 Å². The zero-order chi connectivity index (χ0) is 20.9. The van der Waals surface area contributed by atoms with Crippen LogP contribution in [0.1, 0.15) is 41.9 Å². The van der Waals surface area contributed by atoms with Gasteiger partial charge in [0, 0.05) is 43.7 Å². The molecule has 1 aromatic carbocycles. The Morgan fingerprint density at radius 3 is 2.97 bits per heavy atom. The molecule has 0 saturated carbocycles. The lowest BCUT2D eigenvalue weighted by Gasteiger charge is -2.35. The van der Waals surface area contributed by atoms with Crippen LogP contribution in [-0.4, -0.2) is 38.1 Å². The van der Waals surface area contributed by atoms with Crippen molar-refractivity contribution in [2.45, 2.75) is 44.9 Å². The molecule has 0 unspecified atom stereocenters. The van der Waals surface area contributed by atoms with Crippen LogP contribution in [0, 0.1) is 11.6 Å². The van der Waals surface area contributed by atoms with Crippen LogP contribution in [0.5, 0.6) is 5.75 Å². The average Bonchev–Trinajstić information content (AvgIpc) is 3.43. The molecule has 3 heterocycles. The van der Waals surface area contributed by atoms with Crippen molar-refractivity contribution in [2.75, 3.05) is 6.54 Å². The molecule has 1 saturated heterocycles. The van der Waals surface area contributed by atoms with Gasteiger partial charge in [-0.1, -0.05) is 5.16 Å². The number of hydrogen-bond acceptors (Lipinski definition) is 5. The lowest BCUT2D eigenvalue weighted by atomic mass is 9.98. The van der Waals surface area contributed by atoms with Crippen molar-refractivity contribution in [3.05, 3.63) is 66.1 Å². The van der Waals surface area contributed by atoms with Crippen LogP contribution in [0.25, 0.3) is 0 Å². The summed E-state index contributed by atoms with van der Waals surface area (Å²) in [5.41, 5.74) is 0.197. The first-order chi connectivity index (χ1) is 14.6. The molecule has 0 aliphatic carbocycles. The molecule has 30 heavy (non-hydrogen) atoms. The zero-order valence-corrected chi connectivity index (χ0v) is 16.3. The molecule has 1 atom stereocenters. The topological polar surface area (TPSA) is 73.4 Å². The van der Waals surface area contributed by atoms with Crippen LogP contribution < -0.4 is 4.74 Å². The first-order valence-corrected chi connectivity index (χ1v) is 9.90. The van der Waals surface area contributed by atoms with Gasteiger partial charge < -0.3 is 18.7 Å². The summed E-state index contributed by atoms with van der Waals surface area (Å²) in [5, 5.41) is 3.87. The molecular formula is C21H22F2N4O3. The highest BCUT2D eigenvalue weighted by atomic mass is 19.1. The summed E-state index contributed by atoms with van der Waals surface area (Å²) < 4.78 is 39.1. The number of likely N-dealkylation sites (tertiary alicyclic amines) is 1. The molecule has 9 heteroatoms. The normalized spacial score (nSPS) is 16.6. The van der Waals surface area contributed by atoms with Gasteiger partial charge >= 0.3 is 0 Å². The summed E-state index contributed by atoms with van der Waals surface area (Å²) >= 11 is 0. The van der Waals surface area contributed by atoms with Gasteiger partial charge in [0.1, 0.15) is 12.4 Å². The molecule has 0 N–H and O–H groups in total. The maximum absolute atomic E-state index is 13.7. The van der Waals surface area contributed by atoms with Crippen molar-refractivity contribution in [1.82, 2.24) is 19.6 Å². The highest BCUT2D eigenvalue weighted by Gasteiger charge is 2.29. The van der Waals surface area contributed by atoms with Crippen molar-refractivity contribution in [1.29, 1.82) is 0 Å². The third-order valence-electron chi connectivity index (χ3n) is 5.21. The number of imidazole rings is 1. The largest absolute Gasteiger partial charge is 0.482 e. The van der Waals surface area contributed by atoms with Gasteiger partial charge in [0.25, 0.3) is 5.91 Å². The van der Waals surface area contributed by atoms with Gasteiger partial charge in [-0.25, -0.2) is 13.8 Å². The van der Waals surface area contributed by atoms with Gasteiger partial charge in [-0.05, 0) is 37.8 Å². The number of ether oxygens (including phenoxy) is 1. The van der Waals surface area contributed by atoms with Crippen molar-refractivity contribution >= 4 is 5.91 Å². The van der Waals surface area contributed by atoms with Crippen molar-refractivity contribution in [3.8, 4) is 5.75 Å². The van der Waals surface area contributed by atoms with Crippen LogP contribution in [0.15, 0.2) is 47.5 Å². The second-order valence-electron chi connectivity index (χ2n) is 7.28. The van der Waals surface area contributed by atoms with Gasteiger partial charge in [-0.15, -0.1) is 0 Å². The molecular weight excluding hydrogens is 394 g/mol. The number of amides is 1. The van der Waals surface area contributed by atoms with Crippen LogP contribution in [-0.2, 0) is 13.2 Å². The Bertz CT molecular complexity index is 990. The average molecular weight is 416 g/mol. The SMILES string of the molecule is O=C(c1cc(COc2ccc(F)cc2F)on1)N1CCCC[C@H]1CCn1ccnc1. The van der Waals surface area contributed by atoms with Gasteiger partial charge in [-0.2, -0.15) is 0 Å². The molecule has 0 spiro atoms. The van der Waals surface area contributed by atoms with E-state index in [-0.39, 0.29) is 35.8 Å². The number of hydrogen-bond donors (Lipinski definition) is 0. The minimum atomic E-state index is -0.806. The summed E-state index contributed by atoms with van der Waals surface area (Å²) in [6, 6.07) is 4.68. The van der Waals surface area contributed by atoms with Crippen molar-refractivity contribution in [2.24, 2.45) is 0 Å². The molecule has 1 aliphatic rings. The molecule has 1 amide bonds. The first kappa shape index (κ1) is 20.1. The maximum atomic E-state index is 13.7. The summed E-state index contributed by atoms with van der Waals surface area (Å²) in [7, 11) is 0. The number of carbonyl (C=O) groups is 1. The highest BCUT2D eigenvalue weighted by molar-refractivity contribution is 5.92. The van der Waals surface area contributed by atoms with Crippen molar-refractivity contribution < 1.29 is 22.8 Å². The Hall–Kier alpha value is -3.23. The number of benzene rings is 1. The fourth-order valence-corrected chi connectivity index (χ4v) is 3.66. The lowest BCUT2D eigenvalue weighted by Crippen LogP contribution is -2.44. The van der Waals surface area contributed by atoms with E-state index in [4.69, 9.17) is 9.26 Å². The predicted molar refractivity (Wildman–Crippen MR) is 103 cm³/mol. The van der Waals surface area contributed by atoms with Gasteiger partial charge in [0.05, 0.1) is 6.33 Å². The van der Waals surface area contributed by atoms with E-state index in [0.29, 0.717) is 6.54 Å². The third kappa shape index (κ3) is 4.67. The summed E-state index contributed by atoms with van der Waals surface area (Å²) in [4.78, 5) is 18.9. The standard InChI is InChI=1S/C21H22F2N4O3/c22-15-4-5-20(18(23)11-15)29-13-17-12-19(25-30-17)21(28)27-8-2-1-3-16(27)6-9-26-10-7-24-14-26/h4-5,7,10-12,14,16H,1-3,6,8-9,13H2/t16-/m0/s1. The summed E-state index contributed by atoms with van der Waals surface area (Å²) in [6.45, 7) is 1.34. The van der Waals surface area contributed by atoms with Crippen LogP contribution in [0.3, 0.4) is 0 Å². The number of carbonyl (C=O) groups excluding carboxylic acids is 1. The Morgan fingerprint density at radius 1 is 1.27 bits per heavy atom. The number of rotatable bonds is 7. The highest BCUT2D eigenvalue weighted by Crippen LogP contribution is 2.23. The van der Waals surface area contributed by atoms with E-state index >= 15 is 0 Å². The quantitative estimate of drug-likeness (QED) is 0.586. The number of nitrogens with zero attached hydrogens (tertiary/aromatic N) is 4. The number of aryl methyl sites for hydroxylation is 1. The molecule has 158 valence electrons. The fraction of sp³-hybridized carbons (Fsp3) is 0.381. The van der Waals surface area contributed by atoms with Crippen LogP contribution in [0.4, 0.5) is 8.78 Å². The first-order valence-electron chi connectivity index (χ1n) is 9.90. The molecule has 2 aromatic heterocycles. The van der Waals surface area contributed by atoms with E-state index in [1.54, 1.807) is 12.5 Å². The molecule has 0 radical (unpaired) electrons. The molecule has 3 aromatic rings. The molecule has 4 rings (SSSR count). The zero-order valence-electron chi connectivity index (χ0n) is 16.3. The second-order valence-corrected chi connectivity index (χ2v) is 7.28. The minimum Gasteiger partial charge on any atom is -0.482 e. The van der Waals surface area contributed by atoms with E-state index in [9.17, 15) is 13.6 Å². The molecule has 1 aliphatic heterocycles. The van der Waals surface area contributed by atoms with E-state index in [0.717, 1.165) is 44.4 Å². The summed E-state index contributed by atoms with van der Waals surface area (Å²) in [6.07, 6.45) is 9.22. The fourth-order valence-electron chi connectivity index (χ4n) is 3.66. The molecule has 1 fully saturated rings. The van der Waals surface area contributed by atoms with E-state index in [1.165, 1.54) is 12.1 Å². The van der Waals surface area contributed by atoms with Gasteiger partial charge in [-0.3, -0.25) is 4.79 Å². The Labute approximate surface area is 172 Å². The maximum Gasteiger partial charge on any atom is 0.276 e. The third-order valence-corrected chi connectivity index (χ3v) is 5.21. The predicted octanol–water partition coefficient (Wildman–Crippen LogP) is 3.81. The van der Waals surface area contributed by atoms with E-state index < -0.39 is 11.6 Å². The van der Waals surface area contributed by atoms with Gasteiger partial charge in [0.2, 0.25) is 0 Å². The summed E-state index contributed by atoms with van der Waals surface area (Å²) in [5.74, 6) is -1.49. The number of halogens is 2. The monoisotopic (exact) mass is 416 g/mol. The lowest BCUT2D eigenvalue weighted by molar-refractivity contribution is 0.0584. The Kier molecular flexibility index (Phi) is 6.06. The van der Waals surface area contributed by atoms with E-state index in [2.05, 4.69) is 10.1 Å². The molecule has 0 bridgehead atoms. The second kappa shape index (κ2) is 9.06. The number of aromatic nitrogens is 3. The van der Waals surface area contributed by atoms with Crippen LogP contribution >= 0.6 is 0 Å². The number of piperidine rings is 1.